The zero-order valence-electron chi connectivity index (χ0n) is 10.7. The summed E-state index contributed by atoms with van der Waals surface area (Å²) < 4.78 is 4.61. The van der Waals surface area contributed by atoms with Crippen molar-refractivity contribution in [2.45, 2.75) is 12.2 Å². The predicted octanol–water partition coefficient (Wildman–Crippen LogP) is 4.29. The number of ether oxygens (including phenoxy) is 1. The third-order valence-electron chi connectivity index (χ3n) is 2.81. The number of carbonyl (C=O) groups excluding carboxylic acids is 1. The summed E-state index contributed by atoms with van der Waals surface area (Å²) in [5, 5.41) is 3.10. The standard InChI is InChI=1S/C15H15ClO2S/c1-18-15(17)6-7-19-10-11-2-3-13-9-14(16)5-4-12(13)8-11/h2-5,8-9H,6-7,10H2,1H3. The number of benzene rings is 2. The van der Waals surface area contributed by atoms with Crippen molar-refractivity contribution < 1.29 is 9.53 Å². The molecule has 0 spiro atoms. The van der Waals surface area contributed by atoms with Gasteiger partial charge in [0.1, 0.15) is 0 Å². The fourth-order valence-electron chi connectivity index (χ4n) is 1.80. The summed E-state index contributed by atoms with van der Waals surface area (Å²) in [6, 6.07) is 12.2. The van der Waals surface area contributed by atoms with Crippen molar-refractivity contribution in [1.29, 1.82) is 0 Å². The summed E-state index contributed by atoms with van der Waals surface area (Å²) in [6.45, 7) is 0. The van der Waals surface area contributed by atoms with Gasteiger partial charge in [-0.05, 0) is 28.5 Å². The van der Waals surface area contributed by atoms with Gasteiger partial charge in [0, 0.05) is 16.5 Å². The fourth-order valence-corrected chi connectivity index (χ4v) is 2.85. The highest BCUT2D eigenvalue weighted by Gasteiger charge is 2.01. The molecule has 0 amide bonds. The van der Waals surface area contributed by atoms with E-state index in [2.05, 4.69) is 22.9 Å². The van der Waals surface area contributed by atoms with Gasteiger partial charge < -0.3 is 4.74 Å². The Hall–Kier alpha value is -1.19. The lowest BCUT2D eigenvalue weighted by Crippen LogP contribution is -2.01. The number of halogens is 1. The number of rotatable bonds is 5. The average molecular weight is 295 g/mol. The van der Waals surface area contributed by atoms with Crippen molar-refractivity contribution in [3.8, 4) is 0 Å². The highest BCUT2D eigenvalue weighted by atomic mass is 35.5. The van der Waals surface area contributed by atoms with E-state index in [1.807, 2.05) is 18.2 Å². The first kappa shape index (κ1) is 14.2. The maximum Gasteiger partial charge on any atom is 0.306 e. The summed E-state index contributed by atoms with van der Waals surface area (Å²) in [4.78, 5) is 11.0. The van der Waals surface area contributed by atoms with Crippen LogP contribution in [0.3, 0.4) is 0 Å². The molecule has 0 bridgehead atoms. The lowest BCUT2D eigenvalue weighted by molar-refractivity contribution is -0.140. The van der Waals surface area contributed by atoms with Gasteiger partial charge in [-0.3, -0.25) is 4.79 Å². The number of thioether (sulfide) groups is 1. The van der Waals surface area contributed by atoms with Crippen molar-refractivity contribution >= 4 is 40.1 Å². The summed E-state index contributed by atoms with van der Waals surface area (Å²) >= 11 is 7.69. The number of hydrogen-bond donors (Lipinski definition) is 0. The predicted molar refractivity (Wildman–Crippen MR) is 81.8 cm³/mol. The zero-order valence-corrected chi connectivity index (χ0v) is 12.3. The molecule has 0 heterocycles. The van der Waals surface area contributed by atoms with Crippen molar-refractivity contribution in [1.82, 2.24) is 0 Å². The number of hydrogen-bond acceptors (Lipinski definition) is 3. The highest BCUT2D eigenvalue weighted by molar-refractivity contribution is 7.98. The van der Waals surface area contributed by atoms with Gasteiger partial charge in [0.15, 0.2) is 0 Å². The first-order valence-corrected chi connectivity index (χ1v) is 7.55. The van der Waals surface area contributed by atoms with E-state index in [1.54, 1.807) is 11.8 Å². The van der Waals surface area contributed by atoms with Crippen LogP contribution < -0.4 is 0 Å². The van der Waals surface area contributed by atoms with Crippen molar-refractivity contribution in [2.24, 2.45) is 0 Å². The molecule has 2 nitrogen and oxygen atoms in total. The van der Waals surface area contributed by atoms with Gasteiger partial charge in [-0.2, -0.15) is 11.8 Å². The third-order valence-corrected chi connectivity index (χ3v) is 4.08. The van der Waals surface area contributed by atoms with Crippen LogP contribution in [0.2, 0.25) is 5.02 Å². The molecule has 0 fully saturated rings. The lowest BCUT2D eigenvalue weighted by atomic mass is 10.1. The van der Waals surface area contributed by atoms with Crippen LogP contribution in [-0.2, 0) is 15.3 Å². The second-order valence-corrected chi connectivity index (χ2v) is 5.75. The molecule has 100 valence electrons. The van der Waals surface area contributed by atoms with Crippen LogP contribution in [0.4, 0.5) is 0 Å². The molecule has 2 aromatic carbocycles. The minimum atomic E-state index is -0.152. The van der Waals surface area contributed by atoms with E-state index in [1.165, 1.54) is 18.1 Å². The smallest absolute Gasteiger partial charge is 0.306 e. The van der Waals surface area contributed by atoms with E-state index >= 15 is 0 Å². The van der Waals surface area contributed by atoms with E-state index in [4.69, 9.17) is 11.6 Å². The third kappa shape index (κ3) is 4.15. The molecule has 0 aliphatic heterocycles. The van der Waals surface area contributed by atoms with E-state index < -0.39 is 0 Å². The normalized spacial score (nSPS) is 10.6. The van der Waals surface area contributed by atoms with Crippen LogP contribution in [0.25, 0.3) is 10.8 Å². The molecule has 2 aromatic rings. The maximum atomic E-state index is 11.0. The Morgan fingerprint density at radius 3 is 2.74 bits per heavy atom. The van der Waals surface area contributed by atoms with Gasteiger partial charge in [-0.25, -0.2) is 0 Å². The van der Waals surface area contributed by atoms with Crippen molar-refractivity contribution in [3.63, 3.8) is 0 Å². The number of fused-ring (bicyclic) bond motifs is 1. The summed E-state index contributed by atoms with van der Waals surface area (Å²) in [6.07, 6.45) is 0.463. The molecule has 0 saturated heterocycles. The van der Waals surface area contributed by atoms with Crippen LogP contribution in [0, 0.1) is 0 Å². The van der Waals surface area contributed by atoms with Crippen LogP contribution in [0.15, 0.2) is 36.4 Å². The molecular weight excluding hydrogens is 280 g/mol. The monoisotopic (exact) mass is 294 g/mol. The van der Waals surface area contributed by atoms with Gasteiger partial charge in [-0.15, -0.1) is 0 Å². The quantitative estimate of drug-likeness (QED) is 0.608. The maximum absolute atomic E-state index is 11.0. The SMILES string of the molecule is COC(=O)CCSCc1ccc2cc(Cl)ccc2c1. The first-order valence-electron chi connectivity index (χ1n) is 6.02. The van der Waals surface area contributed by atoms with Gasteiger partial charge in [-0.1, -0.05) is 35.9 Å². The number of carbonyl (C=O) groups is 1. The van der Waals surface area contributed by atoms with E-state index in [9.17, 15) is 4.79 Å². The topological polar surface area (TPSA) is 26.3 Å². The molecule has 0 aliphatic rings. The Balaban J connectivity index is 1.94. The van der Waals surface area contributed by atoms with Gasteiger partial charge in [0.25, 0.3) is 0 Å². The van der Waals surface area contributed by atoms with Crippen LogP contribution in [0.5, 0.6) is 0 Å². The molecule has 0 unspecified atom stereocenters. The molecular formula is C15H15ClO2S. The summed E-state index contributed by atoms with van der Waals surface area (Å²) in [5.74, 6) is 1.53. The largest absolute Gasteiger partial charge is 0.469 e. The molecule has 19 heavy (non-hydrogen) atoms. The van der Waals surface area contributed by atoms with Crippen molar-refractivity contribution in [3.05, 3.63) is 47.0 Å². The molecule has 0 atom stereocenters. The fraction of sp³-hybridized carbons (Fsp3) is 0.267. The minimum Gasteiger partial charge on any atom is -0.469 e. The van der Waals surface area contributed by atoms with E-state index in [0.717, 1.165) is 21.9 Å². The molecule has 0 saturated carbocycles. The second kappa shape index (κ2) is 6.83. The van der Waals surface area contributed by atoms with Gasteiger partial charge >= 0.3 is 5.97 Å². The Labute approximate surface area is 122 Å². The van der Waals surface area contributed by atoms with Gasteiger partial charge in [0.05, 0.1) is 13.5 Å². The zero-order chi connectivity index (χ0) is 13.7. The van der Waals surface area contributed by atoms with Gasteiger partial charge in [0.2, 0.25) is 0 Å². The first-order chi connectivity index (χ1) is 9.19. The number of esters is 1. The molecule has 0 N–H and O–H groups in total. The van der Waals surface area contributed by atoms with E-state index in [0.29, 0.717) is 6.42 Å². The van der Waals surface area contributed by atoms with Crippen LogP contribution in [0.1, 0.15) is 12.0 Å². The Bertz CT molecular complexity index is 583. The van der Waals surface area contributed by atoms with Crippen molar-refractivity contribution in [2.75, 3.05) is 12.9 Å². The van der Waals surface area contributed by atoms with Crippen LogP contribution >= 0.6 is 23.4 Å². The second-order valence-electron chi connectivity index (χ2n) is 4.20. The minimum absolute atomic E-state index is 0.152. The number of methoxy groups -OCH3 is 1. The lowest BCUT2D eigenvalue weighted by Gasteiger charge is -2.04. The highest BCUT2D eigenvalue weighted by Crippen LogP contribution is 2.22. The average Bonchev–Trinajstić information content (AvgIpc) is 2.43. The molecule has 0 aromatic heterocycles. The summed E-state index contributed by atoms with van der Waals surface area (Å²) in [7, 11) is 1.42. The van der Waals surface area contributed by atoms with E-state index in [-0.39, 0.29) is 5.97 Å². The molecule has 0 aliphatic carbocycles. The van der Waals surface area contributed by atoms with Crippen LogP contribution in [-0.4, -0.2) is 18.8 Å². The molecule has 0 radical (unpaired) electrons. The summed E-state index contributed by atoms with van der Waals surface area (Å²) in [5.41, 5.74) is 1.25. The molecule has 4 heteroatoms. The molecule has 2 rings (SSSR count). The Morgan fingerprint density at radius 2 is 1.95 bits per heavy atom. The Kier molecular flexibility index (Phi) is 5.11. The Morgan fingerprint density at radius 1 is 1.21 bits per heavy atom.